The van der Waals surface area contributed by atoms with Gasteiger partial charge >= 0.3 is 0 Å². The van der Waals surface area contributed by atoms with Crippen LogP contribution in [-0.4, -0.2) is 52.5 Å². The Bertz CT molecular complexity index is 59.8. The van der Waals surface area contributed by atoms with Gasteiger partial charge in [-0.15, -0.1) is 0 Å². The molecule has 2 saturated heterocycles. The Morgan fingerprint density at radius 2 is 0.833 bits per heavy atom. The third-order valence-electron chi connectivity index (χ3n) is 1.15. The van der Waals surface area contributed by atoms with Crippen LogP contribution in [0.2, 0.25) is 0 Å². The van der Waals surface area contributed by atoms with Crippen molar-refractivity contribution in [2.75, 3.05) is 47.6 Å². The van der Waals surface area contributed by atoms with Gasteiger partial charge < -0.3 is 14.4 Å². The monoisotopic (exact) mass is 175 g/mol. The lowest BCUT2D eigenvalue weighted by molar-refractivity contribution is 0.0366. The van der Waals surface area contributed by atoms with Gasteiger partial charge in [0.25, 0.3) is 0 Å². The molecule has 2 heterocycles. The van der Waals surface area contributed by atoms with Crippen LogP contribution in [0.5, 0.6) is 0 Å². The maximum absolute atomic E-state index is 4.72. The molecule has 0 radical (unpaired) electrons. The van der Waals surface area contributed by atoms with E-state index in [1.807, 2.05) is 26.0 Å². The Kier molecular flexibility index (Phi) is 8.88. The first-order valence-electron chi connectivity index (χ1n) is 4.50. The van der Waals surface area contributed by atoms with Crippen molar-refractivity contribution >= 4 is 0 Å². The molecule has 2 fully saturated rings. The fourth-order valence-corrected chi connectivity index (χ4v) is 0.289. The molecule has 0 N–H and O–H groups in total. The van der Waals surface area contributed by atoms with Crippen molar-refractivity contribution in [3.05, 3.63) is 0 Å². The second kappa shape index (κ2) is 8.97. The van der Waals surface area contributed by atoms with Crippen LogP contribution in [0.4, 0.5) is 0 Å². The average molecular weight is 175 g/mol. The van der Waals surface area contributed by atoms with Gasteiger partial charge in [-0.05, 0) is 34.0 Å². The Morgan fingerprint density at radius 3 is 0.833 bits per heavy atom. The van der Waals surface area contributed by atoms with Crippen LogP contribution in [0, 0.1) is 0 Å². The zero-order valence-electron chi connectivity index (χ0n) is 8.51. The van der Waals surface area contributed by atoms with Crippen molar-refractivity contribution in [3.8, 4) is 0 Å². The number of rotatable bonds is 0. The normalized spacial score (nSPS) is 19.0. The van der Waals surface area contributed by atoms with E-state index in [0.29, 0.717) is 0 Å². The fourth-order valence-electron chi connectivity index (χ4n) is 0.289. The minimum atomic E-state index is 1.00. The van der Waals surface area contributed by atoms with Gasteiger partial charge in [0.2, 0.25) is 0 Å². The zero-order valence-corrected chi connectivity index (χ0v) is 8.51. The molecule has 0 spiro atoms. The molecule has 3 nitrogen and oxygen atoms in total. The highest BCUT2D eigenvalue weighted by atomic mass is 16.5. The molecule has 3 heteroatoms. The quantitative estimate of drug-likeness (QED) is 0.548. The van der Waals surface area contributed by atoms with Crippen LogP contribution < -0.4 is 0 Å². The smallest absolute Gasteiger partial charge is 0.0488 e. The Balaban J connectivity index is 0.000000151. The summed E-state index contributed by atoms with van der Waals surface area (Å²) in [7, 11) is 6.00. The molecular formula is C9H21NO2. The maximum atomic E-state index is 4.72. The summed E-state index contributed by atoms with van der Waals surface area (Å²) in [5.41, 5.74) is 0. The summed E-state index contributed by atoms with van der Waals surface area (Å²) in [6, 6.07) is 0. The summed E-state index contributed by atoms with van der Waals surface area (Å²) >= 11 is 0. The van der Waals surface area contributed by atoms with Gasteiger partial charge in [-0.3, -0.25) is 0 Å². The van der Waals surface area contributed by atoms with Crippen molar-refractivity contribution in [1.82, 2.24) is 4.90 Å². The highest BCUT2D eigenvalue weighted by Crippen LogP contribution is 1.93. The summed E-state index contributed by atoms with van der Waals surface area (Å²) in [5.74, 6) is 0. The standard InChI is InChI=1S/C3H9N.2C3H6O/c1-4(2)3;2*1-2-4-3-1/h1-3H3;2*1-3H2. The molecule has 0 aliphatic carbocycles. The SMILES string of the molecule is C1COC1.C1COC1.CN(C)C. The third-order valence-corrected chi connectivity index (χ3v) is 1.15. The van der Waals surface area contributed by atoms with E-state index >= 15 is 0 Å². The van der Waals surface area contributed by atoms with E-state index in [9.17, 15) is 0 Å². The minimum absolute atomic E-state index is 1.00. The summed E-state index contributed by atoms with van der Waals surface area (Å²) in [6.07, 6.45) is 2.56. The summed E-state index contributed by atoms with van der Waals surface area (Å²) in [4.78, 5) is 2.00. The number of ether oxygens (including phenoxy) is 2. The van der Waals surface area contributed by atoms with Gasteiger partial charge in [0.05, 0.1) is 0 Å². The van der Waals surface area contributed by atoms with Crippen LogP contribution in [0.25, 0.3) is 0 Å². The van der Waals surface area contributed by atoms with E-state index in [1.165, 1.54) is 12.8 Å². The second-order valence-electron chi connectivity index (χ2n) is 3.27. The molecule has 0 amide bonds. The van der Waals surface area contributed by atoms with E-state index in [2.05, 4.69) is 0 Å². The highest BCUT2D eigenvalue weighted by molar-refractivity contribution is 4.41. The number of nitrogens with zero attached hydrogens (tertiary/aromatic N) is 1. The van der Waals surface area contributed by atoms with E-state index in [-0.39, 0.29) is 0 Å². The summed E-state index contributed by atoms with van der Waals surface area (Å²) in [6.45, 7) is 4.00. The van der Waals surface area contributed by atoms with E-state index < -0.39 is 0 Å². The number of hydrogen-bond donors (Lipinski definition) is 0. The van der Waals surface area contributed by atoms with Crippen LogP contribution in [0.3, 0.4) is 0 Å². The predicted molar refractivity (Wildman–Crippen MR) is 50.5 cm³/mol. The van der Waals surface area contributed by atoms with Crippen molar-refractivity contribution in [1.29, 1.82) is 0 Å². The zero-order chi connectivity index (χ0) is 9.23. The molecule has 74 valence electrons. The largest absolute Gasteiger partial charge is 0.381 e. The highest BCUT2D eigenvalue weighted by Gasteiger charge is 1.94. The average Bonchev–Trinajstić information content (AvgIpc) is 1.45. The van der Waals surface area contributed by atoms with Gasteiger partial charge in [0.1, 0.15) is 0 Å². The summed E-state index contributed by atoms with van der Waals surface area (Å²) < 4.78 is 9.44. The minimum Gasteiger partial charge on any atom is -0.381 e. The van der Waals surface area contributed by atoms with Crippen LogP contribution in [0.15, 0.2) is 0 Å². The second-order valence-corrected chi connectivity index (χ2v) is 3.27. The van der Waals surface area contributed by atoms with E-state index in [0.717, 1.165) is 26.4 Å². The molecule has 0 aromatic carbocycles. The Hall–Kier alpha value is -0.120. The molecule has 0 saturated carbocycles. The molecular weight excluding hydrogens is 154 g/mol. The van der Waals surface area contributed by atoms with Crippen LogP contribution in [0.1, 0.15) is 12.8 Å². The van der Waals surface area contributed by atoms with Gasteiger partial charge in [-0.2, -0.15) is 0 Å². The molecule has 2 rings (SSSR count). The first-order chi connectivity index (χ1) is 5.73. The lowest BCUT2D eigenvalue weighted by Crippen LogP contribution is -2.09. The molecule has 2 aliphatic rings. The molecule has 0 unspecified atom stereocenters. The third kappa shape index (κ3) is 12.5. The Morgan fingerprint density at radius 1 is 0.750 bits per heavy atom. The van der Waals surface area contributed by atoms with Crippen molar-refractivity contribution in [2.24, 2.45) is 0 Å². The molecule has 0 atom stereocenters. The van der Waals surface area contributed by atoms with E-state index in [1.54, 1.807) is 0 Å². The summed E-state index contributed by atoms with van der Waals surface area (Å²) in [5, 5.41) is 0. The van der Waals surface area contributed by atoms with Crippen molar-refractivity contribution in [3.63, 3.8) is 0 Å². The topological polar surface area (TPSA) is 21.7 Å². The van der Waals surface area contributed by atoms with Gasteiger partial charge in [-0.1, -0.05) is 0 Å². The molecule has 0 bridgehead atoms. The van der Waals surface area contributed by atoms with Crippen LogP contribution >= 0.6 is 0 Å². The molecule has 0 aromatic heterocycles. The molecule has 12 heavy (non-hydrogen) atoms. The van der Waals surface area contributed by atoms with Crippen LogP contribution in [-0.2, 0) is 9.47 Å². The van der Waals surface area contributed by atoms with Crippen molar-refractivity contribution < 1.29 is 9.47 Å². The first kappa shape index (κ1) is 11.9. The molecule has 0 aromatic rings. The number of hydrogen-bond acceptors (Lipinski definition) is 3. The van der Waals surface area contributed by atoms with Gasteiger partial charge in [0, 0.05) is 26.4 Å². The predicted octanol–water partition coefficient (Wildman–Crippen LogP) is 0.991. The maximum Gasteiger partial charge on any atom is 0.0488 e. The van der Waals surface area contributed by atoms with Gasteiger partial charge in [-0.25, -0.2) is 0 Å². The molecule has 2 aliphatic heterocycles. The van der Waals surface area contributed by atoms with E-state index in [4.69, 9.17) is 9.47 Å². The lowest BCUT2D eigenvalue weighted by atomic mass is 10.4. The fraction of sp³-hybridized carbons (Fsp3) is 1.00. The first-order valence-corrected chi connectivity index (χ1v) is 4.50. The van der Waals surface area contributed by atoms with Crippen molar-refractivity contribution in [2.45, 2.75) is 12.8 Å². The van der Waals surface area contributed by atoms with Gasteiger partial charge in [0.15, 0.2) is 0 Å². The lowest BCUT2D eigenvalue weighted by Gasteiger charge is -2.09. The Labute approximate surface area is 75.6 Å².